The number of hydrogen-bond donors (Lipinski definition) is 6. The van der Waals surface area contributed by atoms with Crippen LogP contribution in [0.25, 0.3) is 6.08 Å². The van der Waals surface area contributed by atoms with Gasteiger partial charge in [-0.25, -0.2) is 4.79 Å². The van der Waals surface area contributed by atoms with Crippen LogP contribution >= 0.6 is 0 Å². The highest BCUT2D eigenvalue weighted by Gasteiger charge is 2.43. The van der Waals surface area contributed by atoms with E-state index >= 15 is 0 Å². The third kappa shape index (κ3) is 10.8. The van der Waals surface area contributed by atoms with Crippen LogP contribution in [-0.2, 0) is 16.0 Å². The van der Waals surface area contributed by atoms with E-state index in [4.69, 9.17) is 9.47 Å². The first-order chi connectivity index (χ1) is 31.0. The molecule has 0 fully saturated rings. The quantitative estimate of drug-likeness (QED) is 0.0398. The van der Waals surface area contributed by atoms with Gasteiger partial charge >= 0.3 is 12.3 Å². The molecule has 6 N–H and O–H groups in total. The van der Waals surface area contributed by atoms with E-state index in [1.54, 1.807) is 12.1 Å². The summed E-state index contributed by atoms with van der Waals surface area (Å²) in [7, 11) is 2.34. The lowest BCUT2D eigenvalue weighted by Crippen LogP contribution is -2.25. The molecule has 1 atom stereocenters. The number of rotatable bonds is 17. The molecule has 1 heterocycles. The molecule has 5 aromatic carbocycles. The van der Waals surface area contributed by atoms with Crippen LogP contribution in [0.3, 0.4) is 0 Å². The monoisotopic (exact) mass is 890 g/mol. The number of phenols is 2. The highest BCUT2D eigenvalue weighted by Crippen LogP contribution is 2.42. The fourth-order valence-corrected chi connectivity index (χ4v) is 6.48. The number of aromatic carboxylic acids is 1. The lowest BCUT2D eigenvalue weighted by molar-refractivity contribution is -0.286. The van der Waals surface area contributed by atoms with E-state index in [2.05, 4.69) is 25.4 Å². The predicted octanol–water partition coefficient (Wildman–Crippen LogP) is 7.21. The summed E-state index contributed by atoms with van der Waals surface area (Å²) in [6, 6.07) is 22.5. The number of halogens is 2. The molecule has 0 spiro atoms. The molecule has 19 heteroatoms. The standard InChI is InChI=1S/C46H36F2N4O13/c1-62-40-33(16-14-31(38(40)55)44(59)52-34-17-15-32(45(60)61)39(56)41(34)63-2)51-42(57)27-9-11-29(12-10-27)50-43(58)28(19-20-49)23-35(54)26-7-3-24(4-8-26)21-30(53)13-5-25-6-18-36-37(22-25)65-46(47,48)64-36/h3-18,22,28,55-56H,19,21,23H2,1-2H3,(H,50,58)(H,51,57)(H,52,59)(H,60,61)/b13-5+/t28-/m1/s1. The van der Waals surface area contributed by atoms with Crippen molar-refractivity contribution in [1.82, 2.24) is 0 Å². The highest BCUT2D eigenvalue weighted by atomic mass is 19.3. The molecular weight excluding hydrogens is 855 g/mol. The van der Waals surface area contributed by atoms with Crippen molar-refractivity contribution in [1.29, 1.82) is 5.26 Å². The number of ketones is 2. The number of hydrogen-bond acceptors (Lipinski definition) is 13. The second kappa shape index (κ2) is 19.5. The Bertz CT molecular complexity index is 2790. The molecule has 5 aromatic rings. The molecule has 0 aromatic heterocycles. The van der Waals surface area contributed by atoms with Crippen LogP contribution in [0.5, 0.6) is 34.5 Å². The average molecular weight is 891 g/mol. The lowest BCUT2D eigenvalue weighted by Gasteiger charge is -2.16. The molecule has 0 unspecified atom stereocenters. The molecule has 1 aliphatic rings. The van der Waals surface area contributed by atoms with Gasteiger partial charge in [-0.1, -0.05) is 36.4 Å². The van der Waals surface area contributed by atoms with Gasteiger partial charge in [0.25, 0.3) is 11.8 Å². The van der Waals surface area contributed by atoms with Crippen molar-refractivity contribution in [3.8, 4) is 40.6 Å². The van der Waals surface area contributed by atoms with Gasteiger partial charge < -0.3 is 50.2 Å². The molecule has 65 heavy (non-hydrogen) atoms. The zero-order valence-electron chi connectivity index (χ0n) is 34.1. The topological polar surface area (TPSA) is 260 Å². The molecule has 3 amide bonds. The summed E-state index contributed by atoms with van der Waals surface area (Å²) in [5.41, 5.74) is 0.702. The smallest absolute Gasteiger partial charge is 0.504 e. The average Bonchev–Trinajstić information content (AvgIpc) is 3.59. The highest BCUT2D eigenvalue weighted by molar-refractivity contribution is 6.10. The summed E-state index contributed by atoms with van der Waals surface area (Å²) in [4.78, 5) is 76.7. The number of nitrogens with zero attached hydrogens (tertiary/aromatic N) is 1. The number of nitriles is 1. The first-order valence-electron chi connectivity index (χ1n) is 19.2. The van der Waals surface area contributed by atoms with Gasteiger partial charge in [0.2, 0.25) is 5.91 Å². The number of Topliss-reactive ketones (excluding diaryl/α,β-unsaturated/α-hetero) is 1. The number of methoxy groups -OCH3 is 2. The summed E-state index contributed by atoms with van der Waals surface area (Å²) in [5.74, 6) is -7.69. The van der Waals surface area contributed by atoms with E-state index < -0.39 is 58.7 Å². The minimum absolute atomic E-state index is 0.0247. The number of fused-ring (bicyclic) bond motifs is 1. The first kappa shape index (κ1) is 45.7. The van der Waals surface area contributed by atoms with E-state index in [1.807, 2.05) is 6.07 Å². The Kier molecular flexibility index (Phi) is 13.7. The summed E-state index contributed by atoms with van der Waals surface area (Å²) in [6.45, 7) is 0. The van der Waals surface area contributed by atoms with Crippen LogP contribution in [0.1, 0.15) is 65.4 Å². The lowest BCUT2D eigenvalue weighted by atomic mass is 9.94. The zero-order chi connectivity index (χ0) is 47.0. The second-order valence-corrected chi connectivity index (χ2v) is 14.1. The number of amides is 3. The third-order valence-corrected chi connectivity index (χ3v) is 9.74. The molecule has 0 aliphatic carbocycles. The Morgan fingerprint density at radius 3 is 1.95 bits per heavy atom. The molecule has 1 aliphatic heterocycles. The van der Waals surface area contributed by atoms with Gasteiger partial charge in [0.05, 0.1) is 43.1 Å². The maximum atomic E-state index is 13.3. The van der Waals surface area contributed by atoms with Crippen LogP contribution in [0.2, 0.25) is 0 Å². The van der Waals surface area contributed by atoms with Gasteiger partial charge in [-0.05, 0) is 77.9 Å². The Morgan fingerprint density at radius 1 is 0.754 bits per heavy atom. The summed E-state index contributed by atoms with van der Waals surface area (Å²) < 4.78 is 45.7. The molecule has 17 nitrogen and oxygen atoms in total. The molecule has 0 radical (unpaired) electrons. The molecule has 0 saturated heterocycles. The van der Waals surface area contributed by atoms with Gasteiger partial charge in [-0.15, -0.1) is 8.78 Å². The largest absolute Gasteiger partial charge is 0.586 e. The van der Waals surface area contributed by atoms with E-state index in [1.165, 1.54) is 92.1 Å². The molecule has 0 bridgehead atoms. The first-order valence-corrected chi connectivity index (χ1v) is 19.2. The molecule has 0 saturated carbocycles. The van der Waals surface area contributed by atoms with Gasteiger partial charge in [0.15, 0.2) is 46.1 Å². The van der Waals surface area contributed by atoms with Crippen LogP contribution in [0.15, 0.2) is 97.1 Å². The number of anilines is 3. The van der Waals surface area contributed by atoms with Crippen LogP contribution in [0.4, 0.5) is 25.8 Å². The minimum Gasteiger partial charge on any atom is -0.504 e. The summed E-state index contributed by atoms with van der Waals surface area (Å²) in [5, 5.41) is 47.5. The fourth-order valence-electron chi connectivity index (χ4n) is 6.48. The van der Waals surface area contributed by atoms with Crippen molar-refractivity contribution < 1.29 is 71.8 Å². The number of carboxylic acid groups (broad SMARTS) is 1. The SMILES string of the molecule is COc1c(NC(=O)c2ccc(NC(=O)c3ccc(NC(=O)[C@H](CC#N)CC(=O)c4ccc(CC(=O)/C=C/c5ccc6c(c5)OC(F)(F)O6)cc4)cc3)c(OC)c2O)ccc(C(=O)O)c1O. The number of phenolic OH excluding ortho intramolecular Hbond substituents is 1. The van der Waals surface area contributed by atoms with Gasteiger partial charge in [0, 0.05) is 36.1 Å². The zero-order valence-corrected chi connectivity index (χ0v) is 34.1. The van der Waals surface area contributed by atoms with E-state index in [0.717, 1.165) is 13.2 Å². The Hall–Kier alpha value is -8.79. The maximum Gasteiger partial charge on any atom is 0.586 e. The number of aromatic hydroxyl groups is 2. The molecule has 6 rings (SSSR count). The van der Waals surface area contributed by atoms with Crippen molar-refractivity contribution in [2.24, 2.45) is 5.92 Å². The summed E-state index contributed by atoms with van der Waals surface area (Å²) >= 11 is 0. The van der Waals surface area contributed by atoms with Crippen molar-refractivity contribution in [3.63, 3.8) is 0 Å². The molecule has 332 valence electrons. The van der Waals surface area contributed by atoms with E-state index in [9.17, 15) is 58.1 Å². The number of alkyl halides is 2. The van der Waals surface area contributed by atoms with Crippen molar-refractivity contribution in [3.05, 3.63) is 130 Å². The Labute approximate surface area is 367 Å². The van der Waals surface area contributed by atoms with Crippen molar-refractivity contribution in [2.75, 3.05) is 30.2 Å². The Balaban J connectivity index is 1.02. The normalized spacial score (nSPS) is 12.7. The van der Waals surface area contributed by atoms with Gasteiger partial charge in [-0.2, -0.15) is 5.26 Å². The number of carbonyl (C=O) groups is 6. The number of allylic oxidation sites excluding steroid dienone is 1. The van der Waals surface area contributed by atoms with E-state index in [0.29, 0.717) is 11.1 Å². The maximum absolute atomic E-state index is 13.3. The van der Waals surface area contributed by atoms with Crippen LogP contribution in [-0.4, -0.2) is 71.1 Å². The second-order valence-electron chi connectivity index (χ2n) is 14.1. The number of ether oxygens (including phenoxy) is 4. The van der Waals surface area contributed by atoms with Crippen LogP contribution in [0, 0.1) is 17.2 Å². The number of carboxylic acids is 1. The molecular formula is C46H36F2N4O13. The third-order valence-electron chi connectivity index (χ3n) is 9.74. The number of carbonyl (C=O) groups excluding carboxylic acids is 5. The van der Waals surface area contributed by atoms with Crippen molar-refractivity contribution in [2.45, 2.75) is 25.6 Å². The Morgan fingerprint density at radius 2 is 1.34 bits per heavy atom. The predicted molar refractivity (Wildman–Crippen MR) is 227 cm³/mol. The number of benzene rings is 5. The van der Waals surface area contributed by atoms with E-state index in [-0.39, 0.29) is 81.8 Å². The van der Waals surface area contributed by atoms with Gasteiger partial charge in [-0.3, -0.25) is 24.0 Å². The minimum atomic E-state index is -3.76. The van der Waals surface area contributed by atoms with Gasteiger partial charge in [0.1, 0.15) is 5.56 Å². The fraction of sp³-hybridized carbons (Fsp3) is 0.152. The number of nitrogens with one attached hydrogen (secondary N) is 3. The van der Waals surface area contributed by atoms with Crippen molar-refractivity contribution >= 4 is 58.4 Å². The summed E-state index contributed by atoms with van der Waals surface area (Å²) in [6.07, 6.45) is -1.66. The van der Waals surface area contributed by atoms with Crippen LogP contribution < -0.4 is 34.9 Å².